The van der Waals surface area contributed by atoms with Crippen molar-refractivity contribution in [2.75, 3.05) is 0 Å². The van der Waals surface area contributed by atoms with E-state index in [2.05, 4.69) is 0 Å². The van der Waals surface area contributed by atoms with Crippen LogP contribution in [0.3, 0.4) is 0 Å². The molecule has 0 heterocycles. The summed E-state index contributed by atoms with van der Waals surface area (Å²) in [5, 5.41) is 0.750. The highest BCUT2D eigenvalue weighted by atomic mass is 35.5. The Morgan fingerprint density at radius 2 is 2.11 bits per heavy atom. The largest absolute Gasteiger partial charge is 0.326 e. The van der Waals surface area contributed by atoms with Crippen LogP contribution in [0.1, 0.15) is 6.99 Å². The van der Waals surface area contributed by atoms with Crippen molar-refractivity contribution < 1.29 is 1.43 Å². The van der Waals surface area contributed by atoms with Gasteiger partial charge in [-0.25, -0.2) is 0 Å². The van der Waals surface area contributed by atoms with E-state index >= 15 is 0 Å². The third kappa shape index (κ3) is 1.44. The van der Waals surface area contributed by atoms with E-state index in [1.54, 1.807) is 0 Å². The molecule has 9 heavy (non-hydrogen) atoms. The Morgan fingerprint density at radius 3 is 2.56 bits per heavy atom. The van der Waals surface area contributed by atoms with Crippen LogP contribution in [0, 0.1) is 0 Å². The Morgan fingerprint density at radius 1 is 1.44 bits per heavy atom. The van der Waals surface area contributed by atoms with Crippen molar-refractivity contribution in [3.8, 4) is 0 Å². The molecule has 0 atom stereocenters. The van der Waals surface area contributed by atoms with Crippen LogP contribution >= 0.6 is 11.6 Å². The average Bonchev–Trinajstić information content (AvgIpc) is 1.89. The first-order valence-electron chi connectivity index (χ1n) is 2.78. The first kappa shape index (κ1) is 6.59. The molecule has 0 aromatic heterocycles. The third-order valence-electron chi connectivity index (χ3n) is 1.18. The van der Waals surface area contributed by atoms with Gasteiger partial charge in [0.05, 0.1) is 0 Å². The van der Waals surface area contributed by atoms with E-state index in [0.717, 1.165) is 10.6 Å². The van der Waals surface area contributed by atoms with E-state index in [1.165, 1.54) is 0 Å². The van der Waals surface area contributed by atoms with Crippen LogP contribution in [0.2, 0.25) is 5.02 Å². The lowest BCUT2D eigenvalue weighted by atomic mass is 10.2. The summed E-state index contributed by atoms with van der Waals surface area (Å²) >= 11 is 5.74. The van der Waals surface area contributed by atoms with Crippen LogP contribution < -0.4 is 5.73 Å². The van der Waals surface area contributed by atoms with Gasteiger partial charge < -0.3 is 5.73 Å². The number of hydrogen-bond donors (Lipinski definition) is 1. The van der Waals surface area contributed by atoms with Crippen molar-refractivity contribution in [2.45, 2.75) is 6.54 Å². The molecule has 0 aliphatic rings. The van der Waals surface area contributed by atoms with Crippen molar-refractivity contribution in [3.05, 3.63) is 34.9 Å². The summed E-state index contributed by atoms with van der Waals surface area (Å²) in [5.41, 5.74) is 6.37. The normalized spacial score (nSPS) is 9.56. The fourth-order valence-corrected chi connectivity index (χ4v) is 0.877. The molecule has 0 bridgehead atoms. The van der Waals surface area contributed by atoms with Crippen LogP contribution in [-0.4, -0.2) is 0 Å². The van der Waals surface area contributed by atoms with Gasteiger partial charge in [-0.3, -0.25) is 0 Å². The molecule has 0 aliphatic heterocycles. The lowest BCUT2D eigenvalue weighted by Crippen LogP contribution is -1.95. The van der Waals surface area contributed by atoms with Crippen molar-refractivity contribution in [1.82, 2.24) is 0 Å². The van der Waals surface area contributed by atoms with Gasteiger partial charge in [0, 0.05) is 13.0 Å². The van der Waals surface area contributed by atoms with E-state index in [1.807, 2.05) is 24.3 Å². The minimum Gasteiger partial charge on any atom is -0.326 e. The van der Waals surface area contributed by atoms with Gasteiger partial charge in [0.1, 0.15) is 0 Å². The van der Waals surface area contributed by atoms with Crippen molar-refractivity contribution in [2.24, 2.45) is 5.73 Å². The summed E-state index contributed by atoms with van der Waals surface area (Å²) in [7, 11) is 0. The molecule has 0 fully saturated rings. The summed E-state index contributed by atoms with van der Waals surface area (Å²) in [6.07, 6.45) is 0. The Labute approximate surface area is 60.9 Å². The monoisotopic (exact) mass is 143 g/mol. The lowest BCUT2D eigenvalue weighted by Gasteiger charge is -1.96. The average molecular weight is 144 g/mol. The molecule has 1 nitrogen and oxygen atoms in total. The van der Waals surface area contributed by atoms with Crippen molar-refractivity contribution in [3.63, 3.8) is 0 Å². The van der Waals surface area contributed by atoms with E-state index in [9.17, 15) is 0 Å². The molecule has 2 heteroatoms. The van der Waals surface area contributed by atoms with Gasteiger partial charge in [0.2, 0.25) is 0 Å². The van der Waals surface area contributed by atoms with Crippen molar-refractivity contribution >= 4 is 11.6 Å². The number of halogens is 1. The van der Waals surface area contributed by atoms with Crippen LogP contribution in [0.15, 0.2) is 24.3 Å². The minimum atomic E-state index is 0. The summed E-state index contributed by atoms with van der Waals surface area (Å²) in [6.45, 7) is 0.514. The molecule has 0 amide bonds. The Kier molecular flexibility index (Phi) is 2.09. The molecule has 1 aromatic carbocycles. The highest BCUT2D eigenvalue weighted by Gasteiger charge is 1.92. The van der Waals surface area contributed by atoms with Gasteiger partial charge >= 0.3 is 0 Å². The van der Waals surface area contributed by atoms with E-state index in [4.69, 9.17) is 17.3 Å². The molecule has 1 rings (SSSR count). The predicted octanol–water partition coefficient (Wildman–Crippen LogP) is 2.04. The standard InChI is InChI=1S/C7H8ClN.H2/c8-7-4-2-1-3-6(7)5-9;/h1-4H,5,9H2;1H. The van der Waals surface area contributed by atoms with Gasteiger partial charge in [0.15, 0.2) is 0 Å². The van der Waals surface area contributed by atoms with Gasteiger partial charge in [-0.05, 0) is 11.6 Å². The Bertz CT molecular complexity index is 203. The highest BCUT2D eigenvalue weighted by Crippen LogP contribution is 2.12. The second kappa shape index (κ2) is 2.85. The molecule has 0 saturated heterocycles. The highest BCUT2D eigenvalue weighted by molar-refractivity contribution is 6.31. The first-order valence-corrected chi connectivity index (χ1v) is 3.16. The van der Waals surface area contributed by atoms with E-state index in [0.29, 0.717) is 6.54 Å². The Balaban J connectivity index is 0.000000810. The van der Waals surface area contributed by atoms with Gasteiger partial charge in [0.25, 0.3) is 0 Å². The zero-order chi connectivity index (χ0) is 6.69. The molecule has 0 unspecified atom stereocenters. The zero-order valence-electron chi connectivity index (χ0n) is 4.97. The fourth-order valence-electron chi connectivity index (χ4n) is 0.664. The van der Waals surface area contributed by atoms with Crippen LogP contribution in [0.25, 0.3) is 0 Å². The van der Waals surface area contributed by atoms with Gasteiger partial charge in [-0.2, -0.15) is 0 Å². The number of hydrogen-bond acceptors (Lipinski definition) is 1. The summed E-state index contributed by atoms with van der Waals surface area (Å²) < 4.78 is 0. The summed E-state index contributed by atoms with van der Waals surface area (Å²) in [6, 6.07) is 7.57. The molecule has 50 valence electrons. The molecule has 0 radical (unpaired) electrons. The van der Waals surface area contributed by atoms with Gasteiger partial charge in [-0.15, -0.1) is 0 Å². The SMILES string of the molecule is NCc1ccccc1Cl.[HH]. The third-order valence-corrected chi connectivity index (χ3v) is 1.55. The zero-order valence-corrected chi connectivity index (χ0v) is 5.73. The molecule has 0 aliphatic carbocycles. The van der Waals surface area contributed by atoms with Crippen LogP contribution in [-0.2, 0) is 6.54 Å². The molecule has 0 saturated carbocycles. The number of nitrogens with two attached hydrogens (primary N) is 1. The summed E-state index contributed by atoms with van der Waals surface area (Å²) in [4.78, 5) is 0. The second-order valence-corrected chi connectivity index (χ2v) is 2.20. The topological polar surface area (TPSA) is 26.0 Å². The van der Waals surface area contributed by atoms with Crippen molar-refractivity contribution in [1.29, 1.82) is 0 Å². The lowest BCUT2D eigenvalue weighted by molar-refractivity contribution is 1.07. The maximum Gasteiger partial charge on any atom is 0.0450 e. The maximum absolute atomic E-state index is 5.74. The first-order chi connectivity index (χ1) is 4.34. The van der Waals surface area contributed by atoms with Gasteiger partial charge in [-0.1, -0.05) is 29.8 Å². The molecule has 1 aromatic rings. The summed E-state index contributed by atoms with van der Waals surface area (Å²) in [5.74, 6) is 0. The predicted molar refractivity (Wildman–Crippen MR) is 41.5 cm³/mol. The van der Waals surface area contributed by atoms with E-state index < -0.39 is 0 Å². The smallest absolute Gasteiger partial charge is 0.0450 e. The minimum absolute atomic E-state index is 0. The van der Waals surface area contributed by atoms with E-state index in [-0.39, 0.29) is 1.43 Å². The van der Waals surface area contributed by atoms with Crippen LogP contribution in [0.5, 0.6) is 0 Å². The Hall–Kier alpha value is -0.530. The fraction of sp³-hybridized carbons (Fsp3) is 0.143. The molecule has 2 N–H and O–H groups in total. The maximum atomic E-state index is 5.74. The molecular weight excluding hydrogens is 134 g/mol. The van der Waals surface area contributed by atoms with Crippen LogP contribution in [0.4, 0.5) is 0 Å². The molecule has 0 spiro atoms. The quantitative estimate of drug-likeness (QED) is 0.640. The number of benzene rings is 1. The number of rotatable bonds is 1. The second-order valence-electron chi connectivity index (χ2n) is 1.80. The molecular formula is C7H10ClN.